The zero-order valence-electron chi connectivity index (χ0n) is 11.2. The highest BCUT2D eigenvalue weighted by atomic mass is 16.4. The summed E-state index contributed by atoms with van der Waals surface area (Å²) in [5, 5.41) is 9.05. The monoisotopic (exact) mass is 263 g/mol. The van der Waals surface area contributed by atoms with Crippen LogP contribution in [0.25, 0.3) is 0 Å². The minimum Gasteiger partial charge on any atom is -0.481 e. The van der Waals surface area contributed by atoms with Crippen molar-refractivity contribution in [1.29, 1.82) is 0 Å². The number of carbonyl (C=O) groups is 2. The first kappa shape index (κ1) is 12.7. The summed E-state index contributed by atoms with van der Waals surface area (Å²) < 4.78 is 0. The molecule has 0 bridgehead atoms. The highest BCUT2D eigenvalue weighted by Gasteiger charge is 2.59. The Bertz CT molecular complexity index is 421. The van der Waals surface area contributed by atoms with E-state index in [2.05, 4.69) is 12.2 Å². The number of piperidine rings is 1. The van der Waals surface area contributed by atoms with Gasteiger partial charge in [0.2, 0.25) is 5.91 Å². The van der Waals surface area contributed by atoms with Gasteiger partial charge in [0.25, 0.3) is 0 Å². The number of amides is 1. The average Bonchev–Trinajstić information content (AvgIpc) is 2.84. The van der Waals surface area contributed by atoms with Crippen LogP contribution in [0.5, 0.6) is 0 Å². The number of likely N-dealkylation sites (tertiary alicyclic amines) is 1. The first-order valence-corrected chi connectivity index (χ1v) is 7.28. The zero-order valence-corrected chi connectivity index (χ0v) is 11.2. The van der Waals surface area contributed by atoms with Crippen LogP contribution in [0.3, 0.4) is 0 Å². The van der Waals surface area contributed by atoms with Gasteiger partial charge in [0, 0.05) is 19.5 Å². The first-order chi connectivity index (χ1) is 9.11. The quantitative estimate of drug-likeness (QED) is 0.793. The van der Waals surface area contributed by atoms with Crippen molar-refractivity contribution in [3.8, 4) is 0 Å². The number of nitrogens with zero attached hydrogens (tertiary/aromatic N) is 1. The van der Waals surface area contributed by atoms with Crippen molar-refractivity contribution in [1.82, 2.24) is 4.90 Å². The third-order valence-corrected chi connectivity index (χ3v) is 5.15. The van der Waals surface area contributed by atoms with E-state index in [4.69, 9.17) is 5.11 Å². The van der Waals surface area contributed by atoms with Crippen molar-refractivity contribution in [2.75, 3.05) is 13.1 Å². The van der Waals surface area contributed by atoms with Crippen LogP contribution < -0.4 is 0 Å². The highest BCUT2D eigenvalue weighted by Crippen LogP contribution is 2.59. The fourth-order valence-electron chi connectivity index (χ4n) is 3.67. The van der Waals surface area contributed by atoms with Gasteiger partial charge < -0.3 is 10.0 Å². The maximum atomic E-state index is 12.2. The Balaban J connectivity index is 1.49. The average molecular weight is 263 g/mol. The summed E-state index contributed by atoms with van der Waals surface area (Å²) in [7, 11) is 0. The highest BCUT2D eigenvalue weighted by molar-refractivity contribution is 5.77. The number of rotatable bonds is 3. The Morgan fingerprint density at radius 1 is 1.32 bits per heavy atom. The van der Waals surface area contributed by atoms with Gasteiger partial charge in [-0.2, -0.15) is 0 Å². The van der Waals surface area contributed by atoms with Crippen molar-refractivity contribution < 1.29 is 14.7 Å². The molecular weight excluding hydrogens is 242 g/mol. The molecule has 0 aromatic rings. The lowest BCUT2D eigenvalue weighted by atomic mass is 9.90. The number of carboxylic acids is 1. The second-order valence-electron chi connectivity index (χ2n) is 6.31. The minimum atomic E-state index is -0.657. The lowest BCUT2D eigenvalue weighted by molar-refractivity contribution is -0.139. The largest absolute Gasteiger partial charge is 0.481 e. The summed E-state index contributed by atoms with van der Waals surface area (Å²) in [5.74, 6) is -0.131. The van der Waals surface area contributed by atoms with E-state index in [1.807, 2.05) is 4.90 Å². The molecule has 4 heteroatoms. The van der Waals surface area contributed by atoms with E-state index in [0.717, 1.165) is 45.2 Å². The Kier molecular flexibility index (Phi) is 3.11. The summed E-state index contributed by atoms with van der Waals surface area (Å²) in [5.41, 5.74) is 0.0237. The van der Waals surface area contributed by atoms with Gasteiger partial charge in [0.1, 0.15) is 0 Å². The smallest absolute Gasteiger partial charge is 0.307 e. The molecule has 0 aromatic carbocycles. The zero-order chi connectivity index (χ0) is 13.5. The summed E-state index contributed by atoms with van der Waals surface area (Å²) in [6.07, 6.45) is 9.70. The number of carboxylic acid groups (broad SMARTS) is 1. The molecule has 0 aromatic heterocycles. The summed E-state index contributed by atoms with van der Waals surface area (Å²) >= 11 is 0. The molecule has 1 amide bonds. The number of aliphatic carboxylic acids is 1. The van der Waals surface area contributed by atoms with E-state index >= 15 is 0 Å². The van der Waals surface area contributed by atoms with E-state index in [0.29, 0.717) is 12.3 Å². The Hall–Kier alpha value is -1.32. The molecule has 0 radical (unpaired) electrons. The third kappa shape index (κ3) is 2.40. The minimum absolute atomic E-state index is 0.0237. The van der Waals surface area contributed by atoms with E-state index in [9.17, 15) is 9.59 Å². The lowest BCUT2D eigenvalue weighted by Crippen LogP contribution is -2.40. The second-order valence-corrected chi connectivity index (χ2v) is 6.31. The van der Waals surface area contributed by atoms with Crippen molar-refractivity contribution in [2.45, 2.75) is 38.5 Å². The van der Waals surface area contributed by atoms with Crippen LogP contribution in [0.2, 0.25) is 0 Å². The topological polar surface area (TPSA) is 57.6 Å². The van der Waals surface area contributed by atoms with Gasteiger partial charge in [-0.05, 0) is 43.4 Å². The van der Waals surface area contributed by atoms with E-state index in [-0.39, 0.29) is 17.2 Å². The van der Waals surface area contributed by atoms with Crippen LogP contribution in [0.4, 0.5) is 0 Å². The molecule has 2 fully saturated rings. The fraction of sp³-hybridized carbons (Fsp3) is 0.733. The fourth-order valence-corrected chi connectivity index (χ4v) is 3.67. The van der Waals surface area contributed by atoms with Crippen LogP contribution in [0, 0.1) is 17.3 Å². The molecule has 1 saturated carbocycles. The van der Waals surface area contributed by atoms with Crippen molar-refractivity contribution >= 4 is 11.9 Å². The standard InChI is InChI=1S/C15H21NO3/c17-13(9-11-3-1-2-4-11)16-7-5-15(6-8-16)10-12(15)14(18)19/h1,3,11-12H,2,4-10H2,(H,18,19). The van der Waals surface area contributed by atoms with Gasteiger partial charge >= 0.3 is 5.97 Å². The SMILES string of the molecule is O=C(O)C1CC12CCN(C(=O)CC1C=CCC1)CC2. The predicted molar refractivity (Wildman–Crippen MR) is 70.5 cm³/mol. The van der Waals surface area contributed by atoms with Gasteiger partial charge in [-0.3, -0.25) is 9.59 Å². The molecule has 3 rings (SSSR count). The molecule has 4 nitrogen and oxygen atoms in total. The maximum absolute atomic E-state index is 12.2. The molecule has 104 valence electrons. The van der Waals surface area contributed by atoms with E-state index in [1.165, 1.54) is 0 Å². The molecule has 19 heavy (non-hydrogen) atoms. The number of carbonyl (C=O) groups excluding carboxylic acids is 1. The summed E-state index contributed by atoms with van der Waals surface area (Å²) in [6, 6.07) is 0. The van der Waals surface area contributed by atoms with Crippen LogP contribution >= 0.6 is 0 Å². The van der Waals surface area contributed by atoms with Crippen molar-refractivity contribution in [3.63, 3.8) is 0 Å². The molecule has 3 aliphatic rings. The van der Waals surface area contributed by atoms with E-state index < -0.39 is 5.97 Å². The van der Waals surface area contributed by atoms with Crippen LogP contribution in [-0.4, -0.2) is 35.0 Å². The molecule has 1 saturated heterocycles. The van der Waals surface area contributed by atoms with Crippen LogP contribution in [0.15, 0.2) is 12.2 Å². The van der Waals surface area contributed by atoms with Crippen molar-refractivity contribution in [3.05, 3.63) is 12.2 Å². The van der Waals surface area contributed by atoms with E-state index in [1.54, 1.807) is 0 Å². The molecule has 2 unspecified atom stereocenters. The van der Waals surface area contributed by atoms with Gasteiger partial charge in [-0.1, -0.05) is 12.2 Å². The number of hydrogen-bond acceptors (Lipinski definition) is 2. The summed E-state index contributed by atoms with van der Waals surface area (Å²) in [6.45, 7) is 1.50. The van der Waals surface area contributed by atoms with Gasteiger partial charge in [0.15, 0.2) is 0 Å². The van der Waals surface area contributed by atoms with Crippen LogP contribution in [-0.2, 0) is 9.59 Å². The molecular formula is C15H21NO3. The van der Waals surface area contributed by atoms with Crippen LogP contribution in [0.1, 0.15) is 38.5 Å². The van der Waals surface area contributed by atoms with Gasteiger partial charge in [-0.15, -0.1) is 0 Å². The first-order valence-electron chi connectivity index (χ1n) is 7.28. The molecule has 2 aliphatic carbocycles. The van der Waals surface area contributed by atoms with Gasteiger partial charge in [-0.25, -0.2) is 0 Å². The molecule has 1 heterocycles. The molecule has 1 spiro atoms. The summed E-state index contributed by atoms with van der Waals surface area (Å²) in [4.78, 5) is 25.1. The molecule has 2 atom stereocenters. The third-order valence-electron chi connectivity index (χ3n) is 5.15. The Morgan fingerprint density at radius 2 is 2.05 bits per heavy atom. The second kappa shape index (κ2) is 4.66. The Morgan fingerprint density at radius 3 is 2.58 bits per heavy atom. The Labute approximate surface area is 113 Å². The van der Waals surface area contributed by atoms with Crippen molar-refractivity contribution in [2.24, 2.45) is 17.3 Å². The molecule has 1 N–H and O–H groups in total. The lowest BCUT2D eigenvalue weighted by Gasteiger charge is -2.33. The predicted octanol–water partition coefficient (Wildman–Crippen LogP) is 2.06. The normalized spacial score (nSPS) is 31.7. The number of allylic oxidation sites excluding steroid dienone is 2. The number of hydrogen-bond donors (Lipinski definition) is 1. The van der Waals surface area contributed by atoms with Gasteiger partial charge in [0.05, 0.1) is 5.92 Å². The molecule has 1 aliphatic heterocycles. The maximum Gasteiger partial charge on any atom is 0.307 e.